The topological polar surface area (TPSA) is 123 Å². The first-order chi connectivity index (χ1) is 17.0. The number of carbonyl (C=O) groups is 1. The fourth-order valence-electron chi connectivity index (χ4n) is 4.49. The molecule has 0 saturated carbocycles. The van der Waals surface area contributed by atoms with Crippen LogP contribution >= 0.6 is 0 Å². The predicted molar refractivity (Wildman–Crippen MR) is 135 cm³/mol. The van der Waals surface area contributed by atoms with Gasteiger partial charge in [0.2, 0.25) is 0 Å². The average molecular weight is 496 g/mol. The summed E-state index contributed by atoms with van der Waals surface area (Å²) in [6.07, 6.45) is 13.3. The summed E-state index contributed by atoms with van der Waals surface area (Å²) in [6.45, 7) is 1.80. The second-order valence-electron chi connectivity index (χ2n) is 9.44. The van der Waals surface area contributed by atoms with E-state index >= 15 is 0 Å². The minimum atomic E-state index is -1.29. The number of ether oxygens (including phenoxy) is 2. The molecule has 3 N–H and O–H groups in total. The molecule has 0 bridgehead atoms. The standard InChI is InChI=1S/C26H45N3O6/c1-3-4-5-6-7-8-9-10-11-12-13-14-15-16-22(31)35-24-20(19-30)34-25(23(24)32)29-18-17-21(27-2)28-26(29)33/h17-18,20,23-25,30,32H,3-16,19H2,1-2H3,(H,27,28,33)/t20-,23+,24-,25-/m1/s1. The molecule has 0 spiro atoms. The van der Waals surface area contributed by atoms with Crippen molar-refractivity contribution in [2.75, 3.05) is 19.0 Å². The second-order valence-corrected chi connectivity index (χ2v) is 9.44. The summed E-state index contributed by atoms with van der Waals surface area (Å²) in [7, 11) is 1.64. The van der Waals surface area contributed by atoms with Gasteiger partial charge in [-0.25, -0.2) is 4.79 Å². The SMILES string of the molecule is CCCCCCCCCCCCCCCC(=O)O[C@H]1[C@H](O)[C@H](n2ccc(NC)nc2=O)O[C@@H]1CO. The lowest BCUT2D eigenvalue weighted by molar-refractivity contribution is -0.156. The first kappa shape index (κ1) is 29.3. The highest BCUT2D eigenvalue weighted by Crippen LogP contribution is 2.31. The van der Waals surface area contributed by atoms with E-state index in [1.165, 1.54) is 70.4 Å². The molecule has 0 amide bonds. The molecule has 2 rings (SSSR count). The molecule has 1 aliphatic rings. The smallest absolute Gasteiger partial charge is 0.351 e. The van der Waals surface area contributed by atoms with Crippen molar-refractivity contribution in [3.05, 3.63) is 22.7 Å². The first-order valence-corrected chi connectivity index (χ1v) is 13.4. The lowest BCUT2D eigenvalue weighted by atomic mass is 10.0. The Morgan fingerprint density at radius 2 is 1.63 bits per heavy atom. The van der Waals surface area contributed by atoms with E-state index in [9.17, 15) is 19.8 Å². The Bertz CT molecular complexity index is 787. The van der Waals surface area contributed by atoms with Crippen LogP contribution in [0.2, 0.25) is 0 Å². The maximum absolute atomic E-state index is 12.3. The summed E-state index contributed by atoms with van der Waals surface area (Å²) < 4.78 is 12.2. The van der Waals surface area contributed by atoms with Crippen LogP contribution in [0, 0.1) is 0 Å². The summed E-state index contributed by atoms with van der Waals surface area (Å²) in [6, 6.07) is 1.57. The van der Waals surface area contributed by atoms with E-state index in [4.69, 9.17) is 9.47 Å². The number of unbranched alkanes of at least 4 members (excludes halogenated alkanes) is 12. The van der Waals surface area contributed by atoms with Gasteiger partial charge in [0, 0.05) is 19.7 Å². The van der Waals surface area contributed by atoms with E-state index in [1.807, 2.05) is 0 Å². The van der Waals surface area contributed by atoms with E-state index < -0.39 is 42.8 Å². The number of nitrogens with one attached hydrogen (secondary N) is 1. The minimum Gasteiger partial charge on any atom is -0.457 e. The number of carbonyl (C=O) groups excluding carboxylic acids is 1. The van der Waals surface area contributed by atoms with Crippen molar-refractivity contribution in [1.82, 2.24) is 9.55 Å². The van der Waals surface area contributed by atoms with E-state index in [0.717, 1.165) is 23.8 Å². The van der Waals surface area contributed by atoms with Gasteiger partial charge in [0.25, 0.3) is 0 Å². The van der Waals surface area contributed by atoms with Crippen molar-refractivity contribution in [1.29, 1.82) is 0 Å². The molecule has 1 saturated heterocycles. The van der Waals surface area contributed by atoms with Crippen molar-refractivity contribution < 1.29 is 24.5 Å². The summed E-state index contributed by atoms with van der Waals surface area (Å²) >= 11 is 0. The number of nitrogens with zero attached hydrogens (tertiary/aromatic N) is 2. The maximum Gasteiger partial charge on any atom is 0.351 e. The normalized spacial score (nSPS) is 21.8. The molecule has 0 aromatic carbocycles. The molecule has 9 nitrogen and oxygen atoms in total. The van der Waals surface area contributed by atoms with Crippen LogP contribution in [-0.2, 0) is 14.3 Å². The van der Waals surface area contributed by atoms with Crippen LogP contribution in [-0.4, -0.2) is 57.7 Å². The van der Waals surface area contributed by atoms with Crippen LogP contribution in [0.4, 0.5) is 5.82 Å². The molecule has 1 fully saturated rings. The molecule has 9 heteroatoms. The number of aromatic nitrogens is 2. The number of aliphatic hydroxyl groups is 2. The van der Waals surface area contributed by atoms with E-state index in [1.54, 1.807) is 13.1 Å². The van der Waals surface area contributed by atoms with Crippen molar-refractivity contribution in [2.45, 2.75) is 121 Å². The molecule has 0 unspecified atom stereocenters. The lowest BCUT2D eigenvalue weighted by Gasteiger charge is -2.20. The summed E-state index contributed by atoms with van der Waals surface area (Å²) in [5.74, 6) is -0.0472. The third-order valence-electron chi connectivity index (χ3n) is 6.60. The highest BCUT2D eigenvalue weighted by Gasteiger charge is 2.47. The third kappa shape index (κ3) is 9.89. The lowest BCUT2D eigenvalue weighted by Crippen LogP contribution is -2.39. The average Bonchev–Trinajstić information content (AvgIpc) is 3.16. The number of rotatable bonds is 18. The van der Waals surface area contributed by atoms with Crippen molar-refractivity contribution in [2.24, 2.45) is 0 Å². The second kappa shape index (κ2) is 16.7. The van der Waals surface area contributed by atoms with Crippen LogP contribution in [0.25, 0.3) is 0 Å². The Balaban J connectivity index is 1.63. The van der Waals surface area contributed by atoms with Gasteiger partial charge in [0.1, 0.15) is 18.0 Å². The summed E-state index contributed by atoms with van der Waals surface area (Å²) in [4.78, 5) is 28.4. The summed E-state index contributed by atoms with van der Waals surface area (Å²) in [5.41, 5.74) is -0.614. The Morgan fingerprint density at radius 1 is 1.06 bits per heavy atom. The van der Waals surface area contributed by atoms with Crippen LogP contribution in [0.3, 0.4) is 0 Å². The van der Waals surface area contributed by atoms with Gasteiger partial charge in [-0.1, -0.05) is 84.0 Å². The molecule has 4 atom stereocenters. The molecule has 2 heterocycles. The first-order valence-electron chi connectivity index (χ1n) is 13.4. The van der Waals surface area contributed by atoms with E-state index in [0.29, 0.717) is 5.82 Å². The molecular weight excluding hydrogens is 450 g/mol. The highest BCUT2D eigenvalue weighted by molar-refractivity contribution is 5.69. The van der Waals surface area contributed by atoms with Gasteiger partial charge in [-0.2, -0.15) is 4.98 Å². The van der Waals surface area contributed by atoms with Gasteiger partial charge in [-0.3, -0.25) is 9.36 Å². The van der Waals surface area contributed by atoms with Crippen molar-refractivity contribution >= 4 is 11.8 Å². The molecule has 0 radical (unpaired) electrons. The number of hydrogen-bond acceptors (Lipinski definition) is 8. The maximum atomic E-state index is 12.3. The van der Waals surface area contributed by atoms with Crippen LogP contribution in [0.1, 0.15) is 103 Å². The van der Waals surface area contributed by atoms with Crippen molar-refractivity contribution in [3.63, 3.8) is 0 Å². The van der Waals surface area contributed by atoms with E-state index in [2.05, 4.69) is 17.2 Å². The number of anilines is 1. The zero-order chi connectivity index (χ0) is 25.5. The number of esters is 1. The molecule has 1 aliphatic heterocycles. The quantitative estimate of drug-likeness (QED) is 0.207. The third-order valence-corrected chi connectivity index (χ3v) is 6.60. The highest BCUT2D eigenvalue weighted by atomic mass is 16.6. The Hall–Kier alpha value is -1.97. The van der Waals surface area contributed by atoms with Gasteiger partial charge in [0.05, 0.1) is 6.61 Å². The summed E-state index contributed by atoms with van der Waals surface area (Å²) in [5, 5.41) is 23.1. The number of hydrogen-bond donors (Lipinski definition) is 3. The monoisotopic (exact) mass is 495 g/mol. The Morgan fingerprint density at radius 3 is 2.14 bits per heavy atom. The number of aliphatic hydroxyl groups excluding tert-OH is 2. The zero-order valence-corrected chi connectivity index (χ0v) is 21.5. The molecule has 200 valence electrons. The van der Waals surface area contributed by atoms with Gasteiger partial charge < -0.3 is 25.0 Å². The van der Waals surface area contributed by atoms with Crippen LogP contribution in [0.15, 0.2) is 17.1 Å². The minimum absolute atomic E-state index is 0.252. The Kier molecular flexibility index (Phi) is 13.9. The molecular formula is C26H45N3O6. The molecule has 0 aliphatic carbocycles. The fourth-order valence-corrected chi connectivity index (χ4v) is 4.49. The van der Waals surface area contributed by atoms with Gasteiger partial charge in [0.15, 0.2) is 12.3 Å². The van der Waals surface area contributed by atoms with Crippen LogP contribution < -0.4 is 11.0 Å². The zero-order valence-electron chi connectivity index (χ0n) is 21.5. The van der Waals surface area contributed by atoms with Crippen molar-refractivity contribution in [3.8, 4) is 0 Å². The van der Waals surface area contributed by atoms with Crippen LogP contribution in [0.5, 0.6) is 0 Å². The molecule has 35 heavy (non-hydrogen) atoms. The predicted octanol–water partition coefficient (Wildman–Crippen LogP) is 3.93. The largest absolute Gasteiger partial charge is 0.457 e. The Labute approximate surface area is 209 Å². The van der Waals surface area contributed by atoms with Gasteiger partial charge in [-0.15, -0.1) is 0 Å². The van der Waals surface area contributed by atoms with Gasteiger partial charge in [-0.05, 0) is 12.5 Å². The molecule has 1 aromatic heterocycles. The molecule has 1 aromatic rings. The van der Waals surface area contributed by atoms with E-state index in [-0.39, 0.29) is 6.42 Å². The van der Waals surface area contributed by atoms with Gasteiger partial charge >= 0.3 is 11.7 Å². The fraction of sp³-hybridized carbons (Fsp3) is 0.808.